The third-order valence-electron chi connectivity index (χ3n) is 1.61. The molecule has 0 amide bonds. The Morgan fingerprint density at radius 2 is 1.86 bits per heavy atom. The molecule has 0 spiro atoms. The Hall–Kier alpha value is 0.700. The van der Waals surface area contributed by atoms with E-state index in [2.05, 4.69) is 31.9 Å². The van der Waals surface area contributed by atoms with Crippen molar-refractivity contribution in [3.05, 3.63) is 31.3 Å². The lowest BCUT2D eigenvalue weighted by Crippen LogP contribution is -2.10. The van der Waals surface area contributed by atoms with Gasteiger partial charge in [0.05, 0.1) is 5.56 Å². The molecule has 6 heteroatoms. The summed E-state index contributed by atoms with van der Waals surface area (Å²) in [5.74, 6) is 0. The molecule has 0 aliphatic carbocycles. The van der Waals surface area contributed by atoms with Crippen LogP contribution < -0.4 is 0 Å². The van der Waals surface area contributed by atoms with E-state index in [0.29, 0.717) is 3.57 Å². The second-order valence-corrected chi connectivity index (χ2v) is 5.04. The minimum atomic E-state index is -4.32. The zero-order chi connectivity index (χ0) is 10.9. The minimum Gasteiger partial charge on any atom is -0.166 e. The lowest BCUT2D eigenvalue weighted by atomic mass is 10.1. The van der Waals surface area contributed by atoms with Crippen molar-refractivity contribution in [1.29, 1.82) is 0 Å². The molecule has 0 unspecified atom stereocenters. The molecule has 78 valence electrons. The lowest BCUT2D eigenvalue weighted by Gasteiger charge is -2.14. The quantitative estimate of drug-likeness (QED) is 0.425. The summed E-state index contributed by atoms with van der Waals surface area (Å²) >= 11 is 7.86. The third-order valence-corrected chi connectivity index (χ3v) is 4.68. The molecule has 0 aliphatic heterocycles. The van der Waals surface area contributed by atoms with E-state index in [1.807, 2.05) is 22.6 Å². The van der Waals surface area contributed by atoms with Crippen LogP contribution in [0.15, 0.2) is 16.6 Å². The summed E-state index contributed by atoms with van der Waals surface area (Å²) in [7, 11) is 0. The van der Waals surface area contributed by atoms with Gasteiger partial charge >= 0.3 is 6.18 Å². The van der Waals surface area contributed by atoms with Crippen molar-refractivity contribution < 1.29 is 13.2 Å². The van der Waals surface area contributed by atoms with Crippen molar-refractivity contribution in [2.24, 2.45) is 0 Å². The molecular formula is C8H4Br2F3I. The standard InChI is InChI=1S/C8H4Br2F3I/c9-3-4-1-2-5(14)7(10)6(4)8(11,12)13/h1-2H,3H2. The number of hydrogen-bond acceptors (Lipinski definition) is 0. The highest BCUT2D eigenvalue weighted by atomic mass is 127. The number of hydrogen-bond donors (Lipinski definition) is 0. The van der Waals surface area contributed by atoms with Gasteiger partial charge in [-0.05, 0) is 50.2 Å². The average Bonchev–Trinajstić information content (AvgIpc) is 2.07. The SMILES string of the molecule is FC(F)(F)c1c(CBr)ccc(I)c1Br. The van der Waals surface area contributed by atoms with E-state index in [0.717, 1.165) is 0 Å². The van der Waals surface area contributed by atoms with Crippen LogP contribution >= 0.6 is 54.5 Å². The van der Waals surface area contributed by atoms with E-state index < -0.39 is 11.7 Å². The normalized spacial score (nSPS) is 11.9. The maximum Gasteiger partial charge on any atom is 0.417 e. The summed E-state index contributed by atoms with van der Waals surface area (Å²) in [5, 5.41) is 0.192. The summed E-state index contributed by atoms with van der Waals surface area (Å²) in [6, 6.07) is 3.13. The Morgan fingerprint density at radius 3 is 2.29 bits per heavy atom. The summed E-state index contributed by atoms with van der Waals surface area (Å²) in [4.78, 5) is 0. The fourth-order valence-electron chi connectivity index (χ4n) is 1.01. The number of halogens is 6. The highest BCUT2D eigenvalue weighted by Crippen LogP contribution is 2.40. The van der Waals surface area contributed by atoms with E-state index in [1.54, 1.807) is 6.07 Å². The highest BCUT2D eigenvalue weighted by Gasteiger charge is 2.36. The van der Waals surface area contributed by atoms with Crippen LogP contribution in [0.5, 0.6) is 0 Å². The molecule has 0 nitrogen and oxygen atoms in total. The van der Waals surface area contributed by atoms with Gasteiger partial charge in [0.25, 0.3) is 0 Å². The minimum absolute atomic E-state index is 0.113. The average molecular weight is 444 g/mol. The molecule has 0 aliphatic rings. The molecule has 0 fully saturated rings. The van der Waals surface area contributed by atoms with Crippen molar-refractivity contribution in [3.8, 4) is 0 Å². The summed E-state index contributed by atoms with van der Waals surface area (Å²) in [6.07, 6.45) is -4.32. The first-order chi connectivity index (χ1) is 6.38. The first-order valence-corrected chi connectivity index (χ1v) is 6.47. The summed E-state index contributed by atoms with van der Waals surface area (Å²) in [5.41, 5.74) is -0.355. The molecule has 1 aromatic rings. The Kier molecular flexibility index (Phi) is 4.28. The lowest BCUT2D eigenvalue weighted by molar-refractivity contribution is -0.138. The van der Waals surface area contributed by atoms with Gasteiger partial charge in [0.1, 0.15) is 0 Å². The van der Waals surface area contributed by atoms with Crippen LogP contribution in [0.25, 0.3) is 0 Å². The van der Waals surface area contributed by atoms with Crippen LogP contribution in [0.3, 0.4) is 0 Å². The number of alkyl halides is 4. The van der Waals surface area contributed by atoms with Crippen molar-refractivity contribution in [2.75, 3.05) is 0 Å². The maximum absolute atomic E-state index is 12.6. The summed E-state index contributed by atoms with van der Waals surface area (Å²) < 4.78 is 38.5. The van der Waals surface area contributed by atoms with E-state index in [1.165, 1.54) is 6.07 Å². The fourth-order valence-corrected chi connectivity index (χ4v) is 2.54. The van der Waals surface area contributed by atoms with Crippen molar-refractivity contribution in [3.63, 3.8) is 0 Å². The largest absolute Gasteiger partial charge is 0.417 e. The van der Waals surface area contributed by atoms with Crippen molar-refractivity contribution >= 4 is 54.5 Å². The van der Waals surface area contributed by atoms with Crippen molar-refractivity contribution in [2.45, 2.75) is 11.5 Å². The van der Waals surface area contributed by atoms with Crippen LogP contribution in [0.4, 0.5) is 13.2 Å². The Balaban J connectivity index is 3.44. The summed E-state index contributed by atoms with van der Waals surface area (Å²) in [6.45, 7) is 0. The zero-order valence-corrected chi connectivity index (χ0v) is 12.0. The number of benzene rings is 1. The van der Waals surface area contributed by atoms with Gasteiger partial charge in [-0.1, -0.05) is 22.0 Å². The fraction of sp³-hybridized carbons (Fsp3) is 0.250. The van der Waals surface area contributed by atoms with Gasteiger partial charge in [-0.25, -0.2) is 0 Å². The van der Waals surface area contributed by atoms with Gasteiger partial charge in [-0.2, -0.15) is 13.2 Å². The second kappa shape index (κ2) is 4.69. The van der Waals surface area contributed by atoms with Gasteiger partial charge in [0.2, 0.25) is 0 Å². The van der Waals surface area contributed by atoms with Gasteiger partial charge in [-0.15, -0.1) is 0 Å². The van der Waals surface area contributed by atoms with Gasteiger partial charge in [0, 0.05) is 13.4 Å². The van der Waals surface area contributed by atoms with E-state index in [-0.39, 0.29) is 15.4 Å². The van der Waals surface area contributed by atoms with Gasteiger partial charge in [0.15, 0.2) is 0 Å². The zero-order valence-electron chi connectivity index (χ0n) is 6.63. The number of rotatable bonds is 1. The Morgan fingerprint density at radius 1 is 1.29 bits per heavy atom. The molecule has 0 N–H and O–H groups in total. The molecular weight excluding hydrogens is 440 g/mol. The molecule has 0 aromatic heterocycles. The maximum atomic E-state index is 12.6. The first-order valence-electron chi connectivity index (χ1n) is 3.48. The molecule has 0 atom stereocenters. The van der Waals surface area contributed by atoms with E-state index >= 15 is 0 Å². The highest BCUT2D eigenvalue weighted by molar-refractivity contribution is 14.1. The molecule has 0 saturated carbocycles. The van der Waals surface area contributed by atoms with Crippen LogP contribution in [0, 0.1) is 3.57 Å². The van der Waals surface area contributed by atoms with Crippen molar-refractivity contribution in [1.82, 2.24) is 0 Å². The van der Waals surface area contributed by atoms with Crippen LogP contribution in [0.2, 0.25) is 0 Å². The monoisotopic (exact) mass is 442 g/mol. The smallest absolute Gasteiger partial charge is 0.166 e. The predicted molar refractivity (Wildman–Crippen MR) is 64.5 cm³/mol. The molecule has 0 saturated heterocycles. The second-order valence-electron chi connectivity index (χ2n) is 2.53. The molecule has 0 heterocycles. The van der Waals surface area contributed by atoms with Gasteiger partial charge < -0.3 is 0 Å². The third kappa shape index (κ3) is 2.63. The molecule has 14 heavy (non-hydrogen) atoms. The van der Waals surface area contributed by atoms with E-state index in [9.17, 15) is 13.2 Å². The molecule has 1 rings (SSSR count). The predicted octanol–water partition coefficient (Wildman–Crippen LogP) is 4.97. The van der Waals surface area contributed by atoms with Crippen LogP contribution in [0.1, 0.15) is 11.1 Å². The molecule has 0 bridgehead atoms. The molecule has 1 aromatic carbocycles. The van der Waals surface area contributed by atoms with E-state index in [4.69, 9.17) is 0 Å². The topological polar surface area (TPSA) is 0 Å². The first kappa shape index (κ1) is 12.8. The Labute approximate surface area is 110 Å². The van der Waals surface area contributed by atoms with Crippen LogP contribution in [-0.2, 0) is 11.5 Å². The van der Waals surface area contributed by atoms with Crippen LogP contribution in [-0.4, -0.2) is 0 Å². The Bertz CT molecular complexity index is 349. The molecule has 0 radical (unpaired) electrons. The van der Waals surface area contributed by atoms with Gasteiger partial charge in [-0.3, -0.25) is 0 Å².